The maximum atomic E-state index is 13.6. The molecule has 1 saturated carbocycles. The molecule has 0 spiro atoms. The lowest BCUT2D eigenvalue weighted by atomic mass is 10.1. The lowest BCUT2D eigenvalue weighted by molar-refractivity contribution is 0.555. The molecule has 4 aromatic rings. The lowest BCUT2D eigenvalue weighted by Crippen LogP contribution is -2.20. The van der Waals surface area contributed by atoms with E-state index in [0.29, 0.717) is 17.8 Å². The summed E-state index contributed by atoms with van der Waals surface area (Å²) in [5, 5.41) is 4.28. The first-order valence-electron chi connectivity index (χ1n) is 11.7. The summed E-state index contributed by atoms with van der Waals surface area (Å²) in [6.07, 6.45) is 4.00. The fraction of sp³-hybridized carbons (Fsp3) is 0.360. The Morgan fingerprint density at radius 1 is 1.11 bits per heavy atom. The van der Waals surface area contributed by atoms with Gasteiger partial charge >= 0.3 is 0 Å². The van der Waals surface area contributed by atoms with Gasteiger partial charge in [0.2, 0.25) is 5.95 Å². The molecule has 0 radical (unpaired) electrons. The van der Waals surface area contributed by atoms with Gasteiger partial charge in [0.05, 0.1) is 32.3 Å². The zero-order chi connectivity index (χ0) is 25.6. The van der Waals surface area contributed by atoms with Gasteiger partial charge in [0.25, 0.3) is 0 Å². The highest BCUT2D eigenvalue weighted by Crippen LogP contribution is 2.38. The van der Waals surface area contributed by atoms with E-state index in [1.54, 1.807) is 24.5 Å². The van der Waals surface area contributed by atoms with E-state index in [2.05, 4.69) is 20.3 Å². The van der Waals surface area contributed by atoms with Crippen LogP contribution in [0.3, 0.4) is 0 Å². The molecule has 2 unspecified atom stereocenters. The second-order valence-corrected chi connectivity index (χ2v) is 12.4. The van der Waals surface area contributed by atoms with Crippen molar-refractivity contribution >= 4 is 43.2 Å². The maximum Gasteiger partial charge on any atom is 0.222 e. The van der Waals surface area contributed by atoms with E-state index >= 15 is 0 Å². The van der Waals surface area contributed by atoms with E-state index in [1.807, 2.05) is 19.9 Å². The first-order chi connectivity index (χ1) is 17.1. The Hall–Kier alpha value is -3.18. The number of nitrogens with one attached hydrogen (secondary N) is 1. The van der Waals surface area contributed by atoms with Crippen LogP contribution < -0.4 is 11.1 Å². The average molecular weight is 527 g/mol. The van der Waals surface area contributed by atoms with Gasteiger partial charge in [0.15, 0.2) is 9.84 Å². The minimum atomic E-state index is -3.52. The average Bonchev–Trinajstić information content (AvgIpc) is 3.42. The quantitative estimate of drug-likeness (QED) is 0.342. The van der Waals surface area contributed by atoms with E-state index in [-0.39, 0.29) is 28.6 Å². The molecule has 5 rings (SSSR count). The number of pyridine rings is 1. The van der Waals surface area contributed by atoms with Crippen LogP contribution in [-0.2, 0) is 9.84 Å². The third-order valence-electron chi connectivity index (χ3n) is 6.64. The van der Waals surface area contributed by atoms with Crippen LogP contribution in [0.1, 0.15) is 36.2 Å². The lowest BCUT2D eigenvalue weighted by Gasteiger charge is -2.17. The zero-order valence-corrected chi connectivity index (χ0v) is 21.9. The Balaban J connectivity index is 1.37. The van der Waals surface area contributed by atoms with Gasteiger partial charge in [-0.2, -0.15) is 4.98 Å². The Labute approximate surface area is 213 Å². The number of thiazole rings is 1. The molecule has 1 fully saturated rings. The minimum Gasteiger partial charge on any atom is -0.368 e. The fourth-order valence-corrected chi connectivity index (χ4v) is 7.67. The third kappa shape index (κ3) is 4.77. The first-order valence-corrected chi connectivity index (χ1v) is 14.2. The number of aromatic nitrogens is 4. The van der Waals surface area contributed by atoms with Crippen molar-refractivity contribution in [2.45, 2.75) is 51.0 Å². The fourth-order valence-electron chi connectivity index (χ4n) is 4.81. The van der Waals surface area contributed by atoms with Gasteiger partial charge < -0.3 is 11.1 Å². The molecule has 0 saturated heterocycles. The van der Waals surface area contributed by atoms with Gasteiger partial charge in [-0.1, -0.05) is 0 Å². The molecule has 188 valence electrons. The highest BCUT2D eigenvalue weighted by molar-refractivity contribution is 7.91. The summed E-state index contributed by atoms with van der Waals surface area (Å²) in [6, 6.07) is 5.93. The van der Waals surface area contributed by atoms with Gasteiger partial charge in [0, 0.05) is 12.2 Å². The molecule has 1 aromatic carbocycles. The predicted molar refractivity (Wildman–Crippen MR) is 140 cm³/mol. The molecule has 36 heavy (non-hydrogen) atoms. The summed E-state index contributed by atoms with van der Waals surface area (Å²) in [6.45, 7) is 5.38. The van der Waals surface area contributed by atoms with Crippen molar-refractivity contribution in [3.63, 3.8) is 0 Å². The van der Waals surface area contributed by atoms with E-state index in [9.17, 15) is 12.8 Å². The van der Waals surface area contributed by atoms with Gasteiger partial charge in [-0.15, -0.1) is 11.3 Å². The standard InChI is InChI=1S/C25H27FN6O2S2/c1-13-10-18(6-7-19(13)26)36(33,34)12-16-4-5-17(11-16)30-23-21(14(2)29-25(27)32-23)24-31-22-15(3)28-9-8-20(22)35-24/h6-10,16-17H,4-5,11-12H2,1-3H3,(H3,27,29,30,32). The van der Waals surface area contributed by atoms with Crippen LogP contribution >= 0.6 is 11.3 Å². The Morgan fingerprint density at radius 2 is 1.92 bits per heavy atom. The largest absolute Gasteiger partial charge is 0.368 e. The second kappa shape index (κ2) is 9.36. The number of hydrogen-bond donors (Lipinski definition) is 2. The summed E-state index contributed by atoms with van der Waals surface area (Å²) in [7, 11) is -3.52. The van der Waals surface area contributed by atoms with Crippen LogP contribution in [0.2, 0.25) is 0 Å². The van der Waals surface area contributed by atoms with Crippen LogP contribution in [0.4, 0.5) is 16.2 Å². The number of aryl methyl sites for hydroxylation is 3. The molecule has 3 N–H and O–H groups in total. The molecule has 8 nitrogen and oxygen atoms in total. The summed E-state index contributed by atoms with van der Waals surface area (Å²) >= 11 is 1.55. The number of nitrogens with zero attached hydrogens (tertiary/aromatic N) is 4. The minimum absolute atomic E-state index is 0.0160. The maximum absolute atomic E-state index is 13.6. The SMILES string of the molecule is Cc1cc(S(=O)(=O)CC2CCC(Nc3nc(N)nc(C)c3-c3nc4c(C)nccc4s3)C2)ccc1F. The smallest absolute Gasteiger partial charge is 0.222 e. The normalized spacial score (nSPS) is 18.1. The number of hydrogen-bond acceptors (Lipinski definition) is 9. The van der Waals surface area contributed by atoms with Gasteiger partial charge in [-0.3, -0.25) is 4.98 Å². The number of anilines is 2. The number of benzene rings is 1. The van der Waals surface area contributed by atoms with E-state index in [1.165, 1.54) is 18.2 Å². The van der Waals surface area contributed by atoms with Crippen molar-refractivity contribution in [2.24, 2.45) is 5.92 Å². The summed E-state index contributed by atoms with van der Waals surface area (Å²) in [4.78, 5) is 18.2. The van der Waals surface area contributed by atoms with Crippen LogP contribution in [0.15, 0.2) is 35.4 Å². The molecular weight excluding hydrogens is 499 g/mol. The molecule has 3 aromatic heterocycles. The van der Waals surface area contributed by atoms with Crippen molar-refractivity contribution in [1.82, 2.24) is 19.9 Å². The molecule has 0 amide bonds. The molecule has 11 heteroatoms. The van der Waals surface area contributed by atoms with E-state index < -0.39 is 15.7 Å². The molecule has 2 atom stereocenters. The molecule has 1 aliphatic carbocycles. The predicted octanol–water partition coefficient (Wildman–Crippen LogP) is 4.85. The summed E-state index contributed by atoms with van der Waals surface area (Å²) in [5.41, 5.74) is 9.53. The summed E-state index contributed by atoms with van der Waals surface area (Å²) in [5.74, 6) is 0.374. The molecular formula is C25H27FN6O2S2. The van der Waals surface area contributed by atoms with Gasteiger partial charge in [-0.05, 0) is 75.8 Å². The first kappa shape index (κ1) is 24.5. The number of sulfone groups is 1. The Kier molecular flexibility index (Phi) is 6.37. The molecule has 1 aliphatic rings. The van der Waals surface area contributed by atoms with Gasteiger partial charge in [-0.25, -0.2) is 22.8 Å². The van der Waals surface area contributed by atoms with E-state index in [0.717, 1.165) is 45.0 Å². The second-order valence-electron chi connectivity index (χ2n) is 9.37. The van der Waals surface area contributed by atoms with Crippen LogP contribution in [0.5, 0.6) is 0 Å². The number of halogens is 1. The van der Waals surface area contributed by atoms with E-state index in [4.69, 9.17) is 10.7 Å². The number of rotatable bonds is 6. The van der Waals surface area contributed by atoms with Crippen LogP contribution in [0, 0.1) is 32.5 Å². The number of nitrogens with two attached hydrogens (primary N) is 1. The topological polar surface area (TPSA) is 124 Å². The van der Waals surface area contributed by atoms with Crippen LogP contribution in [0.25, 0.3) is 20.8 Å². The third-order valence-corrected chi connectivity index (χ3v) is 9.56. The van der Waals surface area contributed by atoms with Crippen molar-refractivity contribution in [1.29, 1.82) is 0 Å². The van der Waals surface area contributed by atoms with Crippen molar-refractivity contribution in [3.8, 4) is 10.6 Å². The number of nitrogen functional groups attached to an aromatic ring is 1. The van der Waals surface area contributed by atoms with Crippen LogP contribution in [-0.4, -0.2) is 40.1 Å². The molecule has 3 heterocycles. The summed E-state index contributed by atoms with van der Waals surface area (Å²) < 4.78 is 40.6. The molecule has 0 aliphatic heterocycles. The van der Waals surface area contributed by atoms with Crippen molar-refractivity contribution < 1.29 is 12.8 Å². The highest BCUT2D eigenvalue weighted by atomic mass is 32.2. The monoisotopic (exact) mass is 526 g/mol. The van der Waals surface area contributed by atoms with Crippen molar-refractivity contribution in [2.75, 3.05) is 16.8 Å². The zero-order valence-electron chi connectivity index (χ0n) is 20.2. The van der Waals surface area contributed by atoms with Gasteiger partial charge in [0.1, 0.15) is 22.2 Å². The van der Waals surface area contributed by atoms with Crippen molar-refractivity contribution in [3.05, 3.63) is 53.2 Å². The Bertz CT molecular complexity index is 1570. The molecule has 0 bridgehead atoms. The highest BCUT2D eigenvalue weighted by Gasteiger charge is 2.31. The Morgan fingerprint density at radius 3 is 2.67 bits per heavy atom. The number of fused-ring (bicyclic) bond motifs is 1.